The van der Waals surface area contributed by atoms with Crippen molar-refractivity contribution in [2.75, 3.05) is 19.5 Å². The van der Waals surface area contributed by atoms with Gasteiger partial charge in [0.2, 0.25) is 0 Å². The summed E-state index contributed by atoms with van der Waals surface area (Å²) in [7, 11) is 1.00. The zero-order valence-electron chi connectivity index (χ0n) is 14.4. The number of aliphatic hydroxyl groups is 1. The zero-order valence-corrected chi connectivity index (χ0v) is 15.2. The van der Waals surface area contributed by atoms with Crippen molar-refractivity contribution >= 4 is 16.9 Å². The van der Waals surface area contributed by atoms with Gasteiger partial charge in [-0.05, 0) is 6.42 Å². The first-order chi connectivity index (χ1) is 11.7. The fraction of sp³-hybridized carbons (Fsp3) is 0.500. The Hall–Kier alpha value is -1.77. The van der Waals surface area contributed by atoms with E-state index < -0.39 is 0 Å². The van der Waals surface area contributed by atoms with Crippen LogP contribution < -0.4 is 26.3 Å². The molecule has 0 spiro atoms. The monoisotopic (exact) mass is 357 g/mol. The van der Waals surface area contributed by atoms with E-state index >= 15 is 0 Å². The van der Waals surface area contributed by atoms with Crippen LogP contribution in [0.15, 0.2) is 36.4 Å². The zero-order chi connectivity index (χ0) is 18.2. The molecule has 0 aromatic carbocycles. The Balaban J connectivity index is 0.00000254. The number of nitrogens with two attached hydrogens (primary N) is 2. The van der Waals surface area contributed by atoms with Crippen molar-refractivity contribution < 1.29 is 19.2 Å². The van der Waals surface area contributed by atoms with Crippen LogP contribution in [0.5, 0.6) is 5.75 Å². The van der Waals surface area contributed by atoms with E-state index in [4.69, 9.17) is 21.4 Å². The third-order valence-electron chi connectivity index (χ3n) is 2.84. The van der Waals surface area contributed by atoms with Crippen molar-refractivity contribution in [3.05, 3.63) is 36.4 Å². The molecule has 0 aliphatic rings. The number of pyridine rings is 1. The van der Waals surface area contributed by atoms with Crippen LogP contribution in [-0.4, -0.2) is 29.7 Å². The van der Waals surface area contributed by atoms with Gasteiger partial charge in [-0.25, -0.2) is 4.57 Å². The van der Waals surface area contributed by atoms with Gasteiger partial charge in [-0.3, -0.25) is 10.6 Å². The van der Waals surface area contributed by atoms with Gasteiger partial charge in [-0.15, -0.1) is 0 Å². The second-order valence-electron chi connectivity index (χ2n) is 4.73. The topological polar surface area (TPSA) is 114 Å². The Morgan fingerprint density at radius 3 is 2.62 bits per heavy atom. The Bertz CT molecular complexity index is 481. The number of aryl methyl sites for hydroxylation is 1. The first kappa shape index (κ1) is 22.2. The number of allylic oxidation sites excluding steroid dienone is 1. The van der Waals surface area contributed by atoms with E-state index in [1.54, 1.807) is 0 Å². The van der Waals surface area contributed by atoms with E-state index in [0.29, 0.717) is 30.9 Å². The standard InChI is InChI=1S/C15H25N4O2S.CH4O/c1-2-7-19-8-3-14(4-9-19)21-10-5-15(20)22-11-6-13(16)12-18-17;1-2/h3-4,8-9,12,18H,2,5-7,10-11,16-17H2,1H3;2H,1H3/q+1;/b13-12-;. The molecule has 0 saturated carbocycles. The molecule has 0 unspecified atom stereocenters. The van der Waals surface area contributed by atoms with E-state index in [-0.39, 0.29) is 5.12 Å². The maximum atomic E-state index is 11.7. The van der Waals surface area contributed by atoms with Gasteiger partial charge >= 0.3 is 0 Å². The van der Waals surface area contributed by atoms with Crippen LogP contribution >= 0.6 is 11.8 Å². The van der Waals surface area contributed by atoms with Crippen molar-refractivity contribution in [3.8, 4) is 5.75 Å². The minimum absolute atomic E-state index is 0.102. The summed E-state index contributed by atoms with van der Waals surface area (Å²) in [6.07, 6.45) is 7.59. The molecule has 0 aliphatic heterocycles. The maximum absolute atomic E-state index is 11.7. The fourth-order valence-electron chi connectivity index (χ4n) is 1.73. The van der Waals surface area contributed by atoms with Gasteiger partial charge in [-0.2, -0.15) is 0 Å². The lowest BCUT2D eigenvalue weighted by Gasteiger charge is -2.05. The van der Waals surface area contributed by atoms with Crippen LogP contribution in [0.3, 0.4) is 0 Å². The quantitative estimate of drug-likeness (QED) is 0.276. The molecule has 7 nitrogen and oxygen atoms in total. The predicted octanol–water partition coefficient (Wildman–Crippen LogP) is 0.675. The second-order valence-corrected chi connectivity index (χ2v) is 5.88. The lowest BCUT2D eigenvalue weighted by Crippen LogP contribution is -2.31. The summed E-state index contributed by atoms with van der Waals surface area (Å²) in [5.41, 5.74) is 8.64. The summed E-state index contributed by atoms with van der Waals surface area (Å²) in [4.78, 5) is 11.7. The number of hydrogen-bond donors (Lipinski definition) is 4. The average Bonchev–Trinajstić information content (AvgIpc) is 2.59. The third kappa shape index (κ3) is 10.9. The second kappa shape index (κ2) is 14.8. The Morgan fingerprint density at radius 1 is 1.38 bits per heavy atom. The normalized spacial score (nSPS) is 10.6. The van der Waals surface area contributed by atoms with E-state index in [0.717, 1.165) is 25.8 Å². The van der Waals surface area contributed by atoms with E-state index in [1.165, 1.54) is 18.0 Å². The van der Waals surface area contributed by atoms with Gasteiger partial charge in [0.15, 0.2) is 17.5 Å². The molecule has 0 atom stereocenters. The van der Waals surface area contributed by atoms with Crippen LogP contribution in [0.25, 0.3) is 0 Å². The number of nitrogens with zero attached hydrogens (tertiary/aromatic N) is 1. The number of hydrogen-bond acceptors (Lipinski definition) is 7. The molecule has 8 heteroatoms. The molecule has 1 aromatic heterocycles. The Labute approximate surface area is 148 Å². The van der Waals surface area contributed by atoms with Gasteiger partial charge < -0.3 is 21.0 Å². The molecule has 0 saturated heterocycles. The number of ether oxygens (including phenoxy) is 1. The number of aromatic nitrogens is 1. The van der Waals surface area contributed by atoms with Crippen LogP contribution in [0.1, 0.15) is 26.2 Å². The van der Waals surface area contributed by atoms with Crippen molar-refractivity contribution in [2.45, 2.75) is 32.7 Å². The van der Waals surface area contributed by atoms with Crippen LogP contribution in [0, 0.1) is 0 Å². The van der Waals surface area contributed by atoms with Crippen LogP contribution in [-0.2, 0) is 11.3 Å². The molecule has 1 rings (SSSR count). The number of thioether (sulfide) groups is 1. The fourth-order valence-corrected chi connectivity index (χ4v) is 2.53. The van der Waals surface area contributed by atoms with Crippen molar-refractivity contribution in [1.82, 2.24) is 5.43 Å². The minimum Gasteiger partial charge on any atom is -0.493 e. The predicted molar refractivity (Wildman–Crippen MR) is 96.9 cm³/mol. The highest BCUT2D eigenvalue weighted by Crippen LogP contribution is 2.11. The Kier molecular flexibility index (Phi) is 13.7. The van der Waals surface area contributed by atoms with Gasteiger partial charge in [0.05, 0.1) is 13.0 Å². The summed E-state index contributed by atoms with van der Waals surface area (Å²) in [6, 6.07) is 3.83. The number of carbonyl (C=O) groups excluding carboxylic acids is 1. The largest absolute Gasteiger partial charge is 0.493 e. The molecule has 24 heavy (non-hydrogen) atoms. The molecule has 0 amide bonds. The van der Waals surface area contributed by atoms with Crippen LogP contribution in [0.2, 0.25) is 0 Å². The number of nitrogens with one attached hydrogen (secondary N) is 1. The highest BCUT2D eigenvalue weighted by molar-refractivity contribution is 8.13. The molecule has 0 radical (unpaired) electrons. The average molecular weight is 357 g/mol. The van der Waals surface area contributed by atoms with Crippen molar-refractivity contribution in [2.24, 2.45) is 11.6 Å². The summed E-state index contributed by atoms with van der Waals surface area (Å²) in [6.45, 7) is 3.52. The lowest BCUT2D eigenvalue weighted by atomic mass is 10.4. The van der Waals surface area contributed by atoms with Gasteiger partial charge in [0.1, 0.15) is 12.3 Å². The molecule has 6 N–H and O–H groups in total. The number of aliphatic hydroxyl groups excluding tert-OH is 1. The molecule has 0 aliphatic carbocycles. The van der Waals surface area contributed by atoms with Crippen LogP contribution in [0.4, 0.5) is 0 Å². The highest BCUT2D eigenvalue weighted by atomic mass is 32.2. The van der Waals surface area contributed by atoms with Gasteiger partial charge in [0.25, 0.3) is 0 Å². The highest BCUT2D eigenvalue weighted by Gasteiger charge is 2.05. The molecular formula is C16H29N4O3S+. The van der Waals surface area contributed by atoms with Crippen molar-refractivity contribution in [3.63, 3.8) is 0 Å². The first-order valence-electron chi connectivity index (χ1n) is 7.78. The number of hydrazine groups is 1. The summed E-state index contributed by atoms with van der Waals surface area (Å²) in [5.74, 6) is 6.54. The van der Waals surface area contributed by atoms with E-state index in [2.05, 4.69) is 16.9 Å². The summed E-state index contributed by atoms with van der Waals surface area (Å²) < 4.78 is 7.66. The van der Waals surface area contributed by atoms with E-state index in [9.17, 15) is 4.79 Å². The SMILES string of the molecule is CCC[n+]1ccc(OCCC(=O)SCC/C(N)=C/NN)cc1.CO. The van der Waals surface area contributed by atoms with Gasteiger partial charge in [0, 0.05) is 43.3 Å². The maximum Gasteiger partial charge on any atom is 0.192 e. The smallest absolute Gasteiger partial charge is 0.192 e. The number of rotatable bonds is 10. The lowest BCUT2D eigenvalue weighted by molar-refractivity contribution is -0.697. The first-order valence-corrected chi connectivity index (χ1v) is 8.77. The van der Waals surface area contributed by atoms with E-state index in [1.807, 2.05) is 24.5 Å². The minimum atomic E-state index is 0.102. The molecular weight excluding hydrogens is 328 g/mol. The molecule has 0 fully saturated rings. The molecule has 1 heterocycles. The summed E-state index contributed by atoms with van der Waals surface area (Å²) >= 11 is 1.26. The van der Waals surface area contributed by atoms with Crippen molar-refractivity contribution in [1.29, 1.82) is 0 Å². The third-order valence-corrected chi connectivity index (χ3v) is 3.77. The molecule has 136 valence electrons. The number of carbonyl (C=O) groups is 1. The van der Waals surface area contributed by atoms with Gasteiger partial charge in [-0.1, -0.05) is 18.7 Å². The Morgan fingerprint density at radius 2 is 2.04 bits per heavy atom. The summed E-state index contributed by atoms with van der Waals surface area (Å²) in [5, 5.41) is 7.10. The molecule has 0 bridgehead atoms. The molecule has 1 aromatic rings.